The minimum absolute atomic E-state index is 0.0548. The number of hydrogen-bond donors (Lipinski definition) is 0. The van der Waals surface area contributed by atoms with Gasteiger partial charge in [-0.25, -0.2) is 0 Å². The van der Waals surface area contributed by atoms with E-state index in [2.05, 4.69) is 22.0 Å². The third kappa shape index (κ3) is 5.27. The molecule has 0 atom stereocenters. The van der Waals surface area contributed by atoms with E-state index in [4.69, 9.17) is 15.8 Å². The highest BCUT2D eigenvalue weighted by Crippen LogP contribution is 2.30. The lowest BCUT2D eigenvalue weighted by atomic mass is 10.0. The van der Waals surface area contributed by atoms with Gasteiger partial charge in [-0.3, -0.25) is 0 Å². The standard InChI is InChI=1S/C22H15BrClNO3S/c1-15-2-9-21(10-3-15)29(26,27)28-22-11-6-19(23)13-17(22)12-18(14-25)16-4-7-20(24)8-5-16/h2-13H,1H3/b18-12+. The van der Waals surface area contributed by atoms with Crippen molar-refractivity contribution in [1.82, 2.24) is 0 Å². The van der Waals surface area contributed by atoms with Crippen LogP contribution in [0.4, 0.5) is 0 Å². The molecule has 0 aliphatic carbocycles. The first kappa shape index (κ1) is 21.1. The number of benzene rings is 3. The minimum atomic E-state index is -4.02. The van der Waals surface area contributed by atoms with Crippen molar-refractivity contribution in [3.8, 4) is 11.8 Å². The molecule has 0 N–H and O–H groups in total. The zero-order chi connectivity index (χ0) is 21.0. The molecule has 0 saturated heterocycles. The second-order valence-electron chi connectivity index (χ2n) is 6.21. The molecular weight excluding hydrogens is 474 g/mol. The van der Waals surface area contributed by atoms with Crippen LogP contribution in [0.2, 0.25) is 5.02 Å². The molecule has 3 rings (SSSR count). The Morgan fingerprint density at radius 3 is 2.34 bits per heavy atom. The van der Waals surface area contributed by atoms with Gasteiger partial charge in [0.1, 0.15) is 10.6 Å². The van der Waals surface area contributed by atoms with E-state index >= 15 is 0 Å². The highest BCUT2D eigenvalue weighted by molar-refractivity contribution is 9.10. The zero-order valence-corrected chi connectivity index (χ0v) is 18.4. The lowest BCUT2D eigenvalue weighted by Gasteiger charge is -2.11. The van der Waals surface area contributed by atoms with E-state index in [1.54, 1.807) is 60.7 Å². The predicted molar refractivity (Wildman–Crippen MR) is 118 cm³/mol. The van der Waals surface area contributed by atoms with Crippen molar-refractivity contribution in [2.75, 3.05) is 0 Å². The summed E-state index contributed by atoms with van der Waals surface area (Å²) in [5.41, 5.74) is 2.39. The fourth-order valence-corrected chi connectivity index (χ4v) is 4.00. The summed E-state index contributed by atoms with van der Waals surface area (Å²) in [4.78, 5) is 0.0548. The Balaban J connectivity index is 2.03. The van der Waals surface area contributed by atoms with Gasteiger partial charge >= 0.3 is 10.1 Å². The monoisotopic (exact) mass is 487 g/mol. The van der Waals surface area contributed by atoms with Crippen LogP contribution in [0.3, 0.4) is 0 Å². The molecule has 0 unspecified atom stereocenters. The van der Waals surface area contributed by atoms with Crippen molar-refractivity contribution in [1.29, 1.82) is 5.26 Å². The fourth-order valence-electron chi connectivity index (χ4n) is 2.54. The maximum atomic E-state index is 12.7. The molecule has 0 heterocycles. The molecule has 4 nitrogen and oxygen atoms in total. The Labute approximate surface area is 183 Å². The van der Waals surface area contributed by atoms with Crippen LogP contribution >= 0.6 is 27.5 Å². The van der Waals surface area contributed by atoms with Crippen LogP contribution in [0.15, 0.2) is 76.1 Å². The second-order valence-corrected chi connectivity index (χ2v) is 9.11. The average molecular weight is 489 g/mol. The molecule has 0 aliphatic rings. The van der Waals surface area contributed by atoms with Gasteiger partial charge in [-0.15, -0.1) is 0 Å². The number of hydrogen-bond acceptors (Lipinski definition) is 4. The number of aryl methyl sites for hydroxylation is 1. The number of nitriles is 1. The first-order chi connectivity index (χ1) is 13.8. The summed E-state index contributed by atoms with van der Waals surface area (Å²) < 4.78 is 31.5. The van der Waals surface area contributed by atoms with Crippen LogP contribution in [-0.4, -0.2) is 8.42 Å². The molecule has 0 saturated carbocycles. The van der Waals surface area contributed by atoms with Gasteiger partial charge in [0.2, 0.25) is 0 Å². The molecule has 0 bridgehead atoms. The fraction of sp³-hybridized carbons (Fsp3) is 0.0455. The van der Waals surface area contributed by atoms with Gasteiger partial charge in [-0.05, 0) is 61.0 Å². The zero-order valence-electron chi connectivity index (χ0n) is 15.3. The largest absolute Gasteiger partial charge is 0.378 e. The quantitative estimate of drug-likeness (QED) is 0.242. The number of allylic oxidation sites excluding steroid dienone is 1. The van der Waals surface area contributed by atoms with E-state index in [1.165, 1.54) is 12.1 Å². The number of rotatable bonds is 5. The summed E-state index contributed by atoms with van der Waals surface area (Å²) in [5.74, 6) is 0.121. The SMILES string of the molecule is Cc1ccc(S(=O)(=O)Oc2ccc(Br)cc2/C=C(\C#N)c2ccc(Cl)cc2)cc1. The summed E-state index contributed by atoms with van der Waals surface area (Å²) in [6.45, 7) is 1.87. The molecule has 0 aromatic heterocycles. The van der Waals surface area contributed by atoms with E-state index in [9.17, 15) is 13.7 Å². The van der Waals surface area contributed by atoms with Crippen LogP contribution in [0.1, 0.15) is 16.7 Å². The van der Waals surface area contributed by atoms with Crippen LogP contribution in [-0.2, 0) is 10.1 Å². The van der Waals surface area contributed by atoms with Gasteiger partial charge in [-0.2, -0.15) is 13.7 Å². The molecule has 29 heavy (non-hydrogen) atoms. The second kappa shape index (κ2) is 8.83. The van der Waals surface area contributed by atoms with Crippen molar-refractivity contribution >= 4 is 49.3 Å². The Hall–Kier alpha value is -2.59. The molecule has 3 aromatic rings. The third-order valence-corrected chi connectivity index (χ3v) is 6.05. The topological polar surface area (TPSA) is 67.2 Å². The molecule has 3 aromatic carbocycles. The van der Waals surface area contributed by atoms with E-state index in [0.717, 1.165) is 10.0 Å². The molecule has 146 valence electrons. The average Bonchev–Trinajstić information content (AvgIpc) is 2.69. The van der Waals surface area contributed by atoms with Crippen LogP contribution in [0.25, 0.3) is 11.6 Å². The highest BCUT2D eigenvalue weighted by Gasteiger charge is 2.18. The molecule has 0 fully saturated rings. The third-order valence-electron chi connectivity index (χ3n) is 4.06. The van der Waals surface area contributed by atoms with E-state index < -0.39 is 10.1 Å². The summed E-state index contributed by atoms with van der Waals surface area (Å²) in [6, 6.07) is 20.2. The first-order valence-corrected chi connectivity index (χ1v) is 11.0. The van der Waals surface area contributed by atoms with Gasteiger partial charge in [0.25, 0.3) is 0 Å². The van der Waals surface area contributed by atoms with Gasteiger partial charge in [0.05, 0.1) is 11.6 Å². The van der Waals surface area contributed by atoms with Crippen molar-refractivity contribution in [2.45, 2.75) is 11.8 Å². The Kier molecular flexibility index (Phi) is 6.43. The summed E-state index contributed by atoms with van der Waals surface area (Å²) in [5, 5.41) is 10.1. The van der Waals surface area contributed by atoms with E-state index in [0.29, 0.717) is 21.7 Å². The number of halogens is 2. The predicted octanol–water partition coefficient (Wildman–Crippen LogP) is 6.24. The summed E-state index contributed by atoms with van der Waals surface area (Å²) in [7, 11) is -4.02. The number of nitrogens with zero attached hydrogens (tertiary/aromatic N) is 1. The summed E-state index contributed by atoms with van der Waals surface area (Å²) >= 11 is 9.28. The highest BCUT2D eigenvalue weighted by atomic mass is 79.9. The van der Waals surface area contributed by atoms with Crippen molar-refractivity contribution in [3.63, 3.8) is 0 Å². The Morgan fingerprint density at radius 1 is 1.07 bits per heavy atom. The van der Waals surface area contributed by atoms with Crippen LogP contribution in [0.5, 0.6) is 5.75 Å². The minimum Gasteiger partial charge on any atom is -0.378 e. The van der Waals surface area contributed by atoms with Gasteiger partial charge in [-0.1, -0.05) is 57.4 Å². The molecule has 0 amide bonds. The summed E-state index contributed by atoms with van der Waals surface area (Å²) in [6.07, 6.45) is 1.58. The smallest absolute Gasteiger partial charge is 0.339 e. The van der Waals surface area contributed by atoms with Crippen molar-refractivity contribution in [3.05, 3.63) is 92.9 Å². The van der Waals surface area contributed by atoms with Gasteiger partial charge in [0, 0.05) is 15.1 Å². The molecule has 0 aliphatic heterocycles. The van der Waals surface area contributed by atoms with Crippen LogP contribution < -0.4 is 4.18 Å². The first-order valence-electron chi connectivity index (χ1n) is 8.47. The van der Waals surface area contributed by atoms with Gasteiger partial charge in [0.15, 0.2) is 0 Å². The maximum Gasteiger partial charge on any atom is 0.339 e. The maximum absolute atomic E-state index is 12.7. The molecule has 7 heteroatoms. The van der Waals surface area contributed by atoms with Crippen molar-refractivity contribution < 1.29 is 12.6 Å². The lowest BCUT2D eigenvalue weighted by molar-refractivity contribution is 0.485. The Morgan fingerprint density at radius 2 is 1.72 bits per heavy atom. The molecule has 0 spiro atoms. The molecular formula is C22H15BrClNO3S. The normalized spacial score (nSPS) is 11.7. The molecule has 0 radical (unpaired) electrons. The van der Waals surface area contributed by atoms with Crippen molar-refractivity contribution in [2.24, 2.45) is 0 Å². The van der Waals surface area contributed by atoms with E-state index in [-0.39, 0.29) is 10.6 Å². The van der Waals surface area contributed by atoms with Gasteiger partial charge < -0.3 is 4.18 Å². The Bertz CT molecular complexity index is 1210. The lowest BCUT2D eigenvalue weighted by Crippen LogP contribution is -2.10. The van der Waals surface area contributed by atoms with E-state index in [1.807, 2.05) is 6.92 Å². The van der Waals surface area contributed by atoms with Crippen LogP contribution in [0, 0.1) is 18.3 Å².